The normalized spacial score (nSPS) is 24.8. The fourth-order valence-corrected chi connectivity index (χ4v) is 2.76. The van der Waals surface area contributed by atoms with E-state index in [-0.39, 0.29) is 12.5 Å². The maximum absolute atomic E-state index is 12.3. The van der Waals surface area contributed by atoms with Gasteiger partial charge in [0.25, 0.3) is 0 Å². The molecule has 2 N–H and O–H groups in total. The van der Waals surface area contributed by atoms with Crippen molar-refractivity contribution in [2.45, 2.75) is 44.8 Å². The van der Waals surface area contributed by atoms with Crippen molar-refractivity contribution in [1.29, 1.82) is 0 Å². The first-order valence-corrected chi connectivity index (χ1v) is 7.04. The lowest BCUT2D eigenvalue weighted by atomic mass is 9.90. The van der Waals surface area contributed by atoms with Crippen LogP contribution in [0.2, 0.25) is 0 Å². The van der Waals surface area contributed by atoms with Crippen LogP contribution in [0.4, 0.5) is 13.2 Å². The Morgan fingerprint density at radius 1 is 1.40 bits per heavy atom. The zero-order valence-electron chi connectivity index (χ0n) is 11.7. The van der Waals surface area contributed by atoms with Gasteiger partial charge in [-0.15, -0.1) is 0 Å². The minimum absolute atomic E-state index is 0.0326. The maximum atomic E-state index is 12.3. The quantitative estimate of drug-likeness (QED) is 0.755. The molecule has 1 aliphatic heterocycles. The summed E-state index contributed by atoms with van der Waals surface area (Å²) in [6.07, 6.45) is -1.49. The second-order valence-corrected chi connectivity index (χ2v) is 5.49. The molecule has 0 aliphatic carbocycles. The molecule has 0 aromatic carbocycles. The number of aliphatic carboxylic acids is 1. The zero-order valence-corrected chi connectivity index (χ0v) is 11.7. The molecule has 20 heavy (non-hydrogen) atoms. The molecule has 0 amide bonds. The molecule has 4 nitrogen and oxygen atoms in total. The van der Waals surface area contributed by atoms with Crippen LogP contribution in [0.1, 0.15) is 32.6 Å². The van der Waals surface area contributed by atoms with Gasteiger partial charge in [-0.1, -0.05) is 13.3 Å². The Hall–Kier alpha value is -0.820. The third-order valence-corrected chi connectivity index (χ3v) is 3.54. The van der Waals surface area contributed by atoms with E-state index in [9.17, 15) is 18.0 Å². The highest BCUT2D eigenvalue weighted by molar-refractivity contribution is 5.66. The number of rotatable bonds is 7. The number of hydrogen-bond donors (Lipinski definition) is 2. The van der Waals surface area contributed by atoms with Gasteiger partial charge in [0.15, 0.2) is 0 Å². The molecule has 0 aromatic heterocycles. The minimum atomic E-state index is -4.20. The predicted molar refractivity (Wildman–Crippen MR) is 69.6 cm³/mol. The van der Waals surface area contributed by atoms with Crippen LogP contribution in [0, 0.1) is 5.92 Å². The molecule has 1 aliphatic rings. The average molecular weight is 296 g/mol. The van der Waals surface area contributed by atoms with Gasteiger partial charge in [0.2, 0.25) is 0 Å². The fourth-order valence-electron chi connectivity index (χ4n) is 2.76. The summed E-state index contributed by atoms with van der Waals surface area (Å²) < 4.78 is 36.8. The highest BCUT2D eigenvalue weighted by Gasteiger charge is 2.31. The van der Waals surface area contributed by atoms with Crippen LogP contribution in [0.25, 0.3) is 0 Å². The number of hydrogen-bond acceptors (Lipinski definition) is 3. The van der Waals surface area contributed by atoms with Crippen LogP contribution in [0.5, 0.6) is 0 Å². The van der Waals surface area contributed by atoms with Gasteiger partial charge in [0, 0.05) is 25.7 Å². The lowest BCUT2D eigenvalue weighted by molar-refractivity contribution is -0.137. The lowest BCUT2D eigenvalue weighted by Gasteiger charge is -2.38. The summed E-state index contributed by atoms with van der Waals surface area (Å²) in [5, 5.41) is 11.3. The molecule has 0 aromatic rings. The van der Waals surface area contributed by atoms with Crippen LogP contribution in [0.15, 0.2) is 0 Å². The number of piperidine rings is 1. The zero-order chi connectivity index (χ0) is 15.2. The predicted octanol–water partition coefficient (Wildman–Crippen LogP) is 2.10. The van der Waals surface area contributed by atoms with Gasteiger partial charge in [-0.2, -0.15) is 13.2 Å². The molecular formula is C13H23F3N2O2. The van der Waals surface area contributed by atoms with E-state index in [1.807, 2.05) is 11.8 Å². The minimum Gasteiger partial charge on any atom is -0.481 e. The number of carboxylic acid groups (broad SMARTS) is 1. The summed E-state index contributed by atoms with van der Waals surface area (Å²) in [7, 11) is 0. The van der Waals surface area contributed by atoms with Crippen LogP contribution < -0.4 is 5.32 Å². The van der Waals surface area contributed by atoms with E-state index in [0.29, 0.717) is 19.0 Å². The maximum Gasteiger partial charge on any atom is 0.401 e. The van der Waals surface area contributed by atoms with Gasteiger partial charge in [-0.25, -0.2) is 0 Å². The van der Waals surface area contributed by atoms with Crippen LogP contribution >= 0.6 is 0 Å². The van der Waals surface area contributed by atoms with Crippen LogP contribution in [-0.2, 0) is 4.79 Å². The summed E-state index contributed by atoms with van der Waals surface area (Å²) in [5.41, 5.74) is 0. The van der Waals surface area contributed by atoms with E-state index >= 15 is 0 Å². The van der Waals surface area contributed by atoms with Crippen molar-refractivity contribution in [3.05, 3.63) is 0 Å². The Morgan fingerprint density at radius 2 is 2.10 bits per heavy atom. The molecule has 7 heteroatoms. The number of likely N-dealkylation sites (tertiary alicyclic amines) is 1. The second-order valence-electron chi connectivity index (χ2n) is 5.49. The fraction of sp³-hybridized carbons (Fsp3) is 0.923. The molecular weight excluding hydrogens is 273 g/mol. The summed E-state index contributed by atoms with van der Waals surface area (Å²) in [5.74, 6) is -0.532. The monoisotopic (exact) mass is 296 g/mol. The van der Waals surface area contributed by atoms with Crippen molar-refractivity contribution in [3.63, 3.8) is 0 Å². The molecule has 1 saturated heterocycles. The Kier molecular flexibility index (Phi) is 6.75. The number of carboxylic acids is 1. The van der Waals surface area contributed by atoms with E-state index < -0.39 is 18.7 Å². The van der Waals surface area contributed by atoms with Crippen molar-refractivity contribution < 1.29 is 23.1 Å². The molecule has 118 valence electrons. The number of nitrogens with zero attached hydrogens (tertiary/aromatic N) is 1. The van der Waals surface area contributed by atoms with E-state index in [1.54, 1.807) is 0 Å². The molecule has 1 fully saturated rings. The summed E-state index contributed by atoms with van der Waals surface area (Å²) in [6, 6.07) is -0.212. The SMILES string of the molecule is CCCC1CC(NCC(F)(F)F)CN(CCC(=O)O)C1. The number of halogens is 3. The first-order chi connectivity index (χ1) is 9.30. The first-order valence-electron chi connectivity index (χ1n) is 7.04. The summed E-state index contributed by atoms with van der Waals surface area (Å²) >= 11 is 0. The van der Waals surface area contributed by atoms with E-state index in [4.69, 9.17) is 5.11 Å². The van der Waals surface area contributed by atoms with Crippen molar-refractivity contribution >= 4 is 5.97 Å². The van der Waals surface area contributed by atoms with Crippen molar-refractivity contribution in [2.75, 3.05) is 26.2 Å². The lowest BCUT2D eigenvalue weighted by Crippen LogP contribution is -2.51. The van der Waals surface area contributed by atoms with Crippen molar-refractivity contribution in [3.8, 4) is 0 Å². The molecule has 2 unspecified atom stereocenters. The summed E-state index contributed by atoms with van der Waals surface area (Å²) in [6.45, 7) is 2.74. The Morgan fingerprint density at radius 3 is 2.65 bits per heavy atom. The molecule has 0 radical (unpaired) electrons. The van der Waals surface area contributed by atoms with Gasteiger partial charge in [0.05, 0.1) is 13.0 Å². The first kappa shape index (κ1) is 17.2. The van der Waals surface area contributed by atoms with Gasteiger partial charge in [0.1, 0.15) is 0 Å². The average Bonchev–Trinajstić information content (AvgIpc) is 2.33. The van der Waals surface area contributed by atoms with Gasteiger partial charge in [-0.3, -0.25) is 4.79 Å². The molecule has 1 rings (SSSR count). The third kappa shape index (κ3) is 7.09. The number of carbonyl (C=O) groups is 1. The Balaban J connectivity index is 2.49. The second kappa shape index (κ2) is 7.83. The number of nitrogens with one attached hydrogen (secondary N) is 1. The van der Waals surface area contributed by atoms with E-state index in [0.717, 1.165) is 25.8 Å². The van der Waals surface area contributed by atoms with Gasteiger partial charge < -0.3 is 15.3 Å². The Labute approximate surface area is 117 Å². The third-order valence-electron chi connectivity index (χ3n) is 3.54. The topological polar surface area (TPSA) is 52.6 Å². The van der Waals surface area contributed by atoms with Crippen molar-refractivity contribution in [1.82, 2.24) is 10.2 Å². The van der Waals surface area contributed by atoms with Crippen molar-refractivity contribution in [2.24, 2.45) is 5.92 Å². The number of alkyl halides is 3. The highest BCUT2D eigenvalue weighted by Crippen LogP contribution is 2.22. The smallest absolute Gasteiger partial charge is 0.401 e. The molecule has 2 atom stereocenters. The molecule has 0 bridgehead atoms. The van der Waals surface area contributed by atoms with Gasteiger partial charge in [-0.05, 0) is 18.8 Å². The molecule has 0 saturated carbocycles. The molecule has 0 spiro atoms. The highest BCUT2D eigenvalue weighted by atomic mass is 19.4. The van der Waals surface area contributed by atoms with Gasteiger partial charge >= 0.3 is 12.1 Å². The largest absolute Gasteiger partial charge is 0.481 e. The van der Waals surface area contributed by atoms with E-state index in [2.05, 4.69) is 5.32 Å². The molecule has 1 heterocycles. The standard InChI is InChI=1S/C13H23F3N2O2/c1-2-3-10-6-11(17-9-13(14,15)16)8-18(7-10)5-4-12(19)20/h10-11,17H,2-9H2,1H3,(H,19,20). The van der Waals surface area contributed by atoms with E-state index in [1.165, 1.54) is 0 Å². The van der Waals surface area contributed by atoms with Crippen LogP contribution in [0.3, 0.4) is 0 Å². The summed E-state index contributed by atoms with van der Waals surface area (Å²) in [4.78, 5) is 12.6. The van der Waals surface area contributed by atoms with Crippen LogP contribution in [-0.4, -0.2) is 54.4 Å². The Bertz CT molecular complexity index is 310.